The van der Waals surface area contributed by atoms with Crippen LogP contribution in [0.4, 0.5) is 0 Å². The normalized spacial score (nSPS) is 26.8. The number of carbonyl (C=O) groups is 4. The number of methoxy groups -OCH3 is 1. The van der Waals surface area contributed by atoms with E-state index >= 15 is 0 Å². The van der Waals surface area contributed by atoms with Crippen molar-refractivity contribution < 1.29 is 29.0 Å². The highest BCUT2D eigenvalue weighted by Gasteiger charge is 2.73. The van der Waals surface area contributed by atoms with Gasteiger partial charge in [0.05, 0.1) is 23.9 Å². The van der Waals surface area contributed by atoms with Gasteiger partial charge in [-0.3, -0.25) is 19.2 Å². The number of aliphatic carboxylic acids is 1. The van der Waals surface area contributed by atoms with Gasteiger partial charge in [-0.25, -0.2) is 0 Å². The molecule has 1 unspecified atom stereocenters. The van der Waals surface area contributed by atoms with E-state index in [0.717, 1.165) is 11.1 Å². The molecule has 2 aliphatic rings. The largest absolute Gasteiger partial charge is 0.499 e. The first-order valence-electron chi connectivity index (χ1n) is 12.3. The maximum Gasteiger partial charge on any atom is 0.307 e. The maximum atomic E-state index is 14.6. The number of carboxylic acids is 1. The fourth-order valence-electron chi connectivity index (χ4n) is 5.91. The van der Waals surface area contributed by atoms with Crippen molar-refractivity contribution in [3.05, 3.63) is 70.5 Å². The molecule has 0 aromatic heterocycles. The zero-order valence-corrected chi connectivity index (χ0v) is 22.2. The maximum absolute atomic E-state index is 14.6. The average Bonchev–Trinajstić information content (AvgIpc) is 2.81. The molecule has 0 radical (unpaired) electrons. The predicted molar refractivity (Wildman–Crippen MR) is 137 cm³/mol. The quantitative estimate of drug-likeness (QED) is 0.215. The molecule has 3 rings (SSSR count). The molecule has 192 valence electrons. The number of ether oxygens (including phenoxy) is 1. The summed E-state index contributed by atoms with van der Waals surface area (Å²) in [5.74, 6) is -3.62. The minimum absolute atomic E-state index is 0.0207. The Morgan fingerprint density at radius 2 is 1.56 bits per heavy atom. The molecule has 1 aromatic rings. The Morgan fingerprint density at radius 3 is 2.06 bits per heavy atom. The highest BCUT2D eigenvalue weighted by atomic mass is 16.5. The molecule has 0 amide bonds. The lowest BCUT2D eigenvalue weighted by Gasteiger charge is -2.59. The summed E-state index contributed by atoms with van der Waals surface area (Å²) in [6, 6.07) is 8.44. The Hall–Kier alpha value is -3.28. The molecule has 2 bridgehead atoms. The summed E-state index contributed by atoms with van der Waals surface area (Å²) in [5.41, 5.74) is -2.34. The zero-order valence-electron chi connectivity index (χ0n) is 22.2. The molecule has 1 N–H and O–H groups in total. The van der Waals surface area contributed by atoms with E-state index in [9.17, 15) is 24.3 Å². The Morgan fingerprint density at radius 1 is 1.00 bits per heavy atom. The molecule has 3 atom stereocenters. The molecule has 0 spiro atoms. The van der Waals surface area contributed by atoms with Crippen LogP contribution >= 0.6 is 0 Å². The number of benzene rings is 1. The first-order valence-corrected chi connectivity index (χ1v) is 12.3. The van der Waals surface area contributed by atoms with E-state index in [1.165, 1.54) is 7.11 Å². The molecular weight excluding hydrogens is 456 g/mol. The number of hydrogen-bond acceptors (Lipinski definition) is 5. The third-order valence-corrected chi connectivity index (χ3v) is 8.06. The topological polar surface area (TPSA) is 97.7 Å². The van der Waals surface area contributed by atoms with Gasteiger partial charge in [0.1, 0.15) is 11.3 Å². The summed E-state index contributed by atoms with van der Waals surface area (Å²) in [6.45, 7) is 11.0. The van der Waals surface area contributed by atoms with Gasteiger partial charge in [-0.15, -0.1) is 0 Å². The summed E-state index contributed by atoms with van der Waals surface area (Å²) in [4.78, 5) is 55.5. The Kier molecular flexibility index (Phi) is 7.31. The second kappa shape index (κ2) is 9.64. The fraction of sp³-hybridized carbons (Fsp3) is 0.467. The van der Waals surface area contributed by atoms with Crippen molar-refractivity contribution in [3.8, 4) is 0 Å². The smallest absolute Gasteiger partial charge is 0.307 e. The van der Waals surface area contributed by atoms with Gasteiger partial charge in [0, 0.05) is 5.56 Å². The first-order chi connectivity index (χ1) is 16.8. The second-order valence-electron chi connectivity index (χ2n) is 11.0. The van der Waals surface area contributed by atoms with Crippen LogP contribution in [0.3, 0.4) is 0 Å². The molecule has 1 fully saturated rings. The van der Waals surface area contributed by atoms with Gasteiger partial charge in [-0.05, 0) is 52.4 Å². The standard InChI is InChI=1S/C30H36O6/c1-18(2)13-15-29-17-21(26(33)34)28(5,6)30(27(29)35,16-14-19(3)4)25(36-7)22(24(29)32)23(31)20-11-9-8-10-12-20/h8-14,21H,15-17H2,1-7H3,(H,33,34)/t21-,29?,30-/m1/s1. The van der Waals surface area contributed by atoms with Crippen LogP contribution in [0, 0.1) is 22.2 Å². The van der Waals surface area contributed by atoms with Crippen molar-refractivity contribution in [2.45, 2.75) is 60.8 Å². The predicted octanol–water partition coefficient (Wildman–Crippen LogP) is 5.74. The van der Waals surface area contributed by atoms with E-state index in [4.69, 9.17) is 4.74 Å². The van der Waals surface area contributed by atoms with Gasteiger partial charge in [-0.1, -0.05) is 67.5 Å². The minimum Gasteiger partial charge on any atom is -0.499 e. The van der Waals surface area contributed by atoms with Gasteiger partial charge in [0.25, 0.3) is 0 Å². The number of ketones is 3. The van der Waals surface area contributed by atoms with E-state index in [2.05, 4.69) is 0 Å². The second-order valence-corrected chi connectivity index (χ2v) is 11.0. The Balaban J connectivity index is 2.51. The van der Waals surface area contributed by atoms with Gasteiger partial charge < -0.3 is 9.84 Å². The average molecular weight is 493 g/mol. The monoisotopic (exact) mass is 492 g/mol. The Bertz CT molecular complexity index is 1190. The molecule has 1 aromatic carbocycles. The number of carbonyl (C=O) groups excluding carboxylic acids is 3. The molecule has 1 saturated carbocycles. The van der Waals surface area contributed by atoms with Crippen molar-refractivity contribution >= 4 is 23.3 Å². The zero-order chi connectivity index (χ0) is 27.1. The van der Waals surface area contributed by atoms with Crippen molar-refractivity contribution in [1.29, 1.82) is 0 Å². The number of Topliss-reactive ketones (excluding diaryl/α,β-unsaturated/α-hetero) is 3. The highest BCUT2D eigenvalue weighted by Crippen LogP contribution is 2.66. The molecule has 0 aliphatic heterocycles. The Labute approximate surface area is 213 Å². The summed E-state index contributed by atoms with van der Waals surface area (Å²) < 4.78 is 5.82. The first kappa shape index (κ1) is 27.3. The third kappa shape index (κ3) is 3.97. The molecule has 6 nitrogen and oxygen atoms in total. The lowest BCUT2D eigenvalue weighted by Crippen LogP contribution is -2.67. The van der Waals surface area contributed by atoms with Crippen molar-refractivity contribution in [3.63, 3.8) is 0 Å². The van der Waals surface area contributed by atoms with Crippen LogP contribution in [-0.2, 0) is 19.1 Å². The van der Waals surface area contributed by atoms with Crippen LogP contribution in [0.15, 0.2) is 65.0 Å². The lowest BCUT2D eigenvalue weighted by molar-refractivity contribution is -0.177. The number of rotatable bonds is 8. The molecule has 6 heteroatoms. The van der Waals surface area contributed by atoms with Crippen LogP contribution in [0.5, 0.6) is 0 Å². The third-order valence-electron chi connectivity index (χ3n) is 8.06. The van der Waals surface area contributed by atoms with Gasteiger partial charge in [-0.2, -0.15) is 0 Å². The molecule has 0 heterocycles. The fourth-order valence-corrected chi connectivity index (χ4v) is 5.91. The molecular formula is C30H36O6. The van der Waals surface area contributed by atoms with E-state index in [1.54, 1.807) is 50.3 Å². The number of carboxylic acid groups (broad SMARTS) is 1. The SMILES string of the molecule is COC1=C(C(=O)c2ccccc2)C(=O)C2(CC=C(C)C)C[C@H](C(=O)O)C(C)(C)[C@@]1(CC=C(C)C)C2=O. The van der Waals surface area contributed by atoms with Crippen LogP contribution in [0.25, 0.3) is 0 Å². The number of fused-ring (bicyclic) bond motifs is 2. The minimum atomic E-state index is -1.67. The van der Waals surface area contributed by atoms with Gasteiger partial charge in [0.2, 0.25) is 0 Å². The molecule has 0 saturated heterocycles. The summed E-state index contributed by atoms with van der Waals surface area (Å²) in [7, 11) is 1.35. The summed E-state index contributed by atoms with van der Waals surface area (Å²) >= 11 is 0. The van der Waals surface area contributed by atoms with Crippen molar-refractivity contribution in [1.82, 2.24) is 0 Å². The van der Waals surface area contributed by atoms with Crippen molar-refractivity contribution in [2.75, 3.05) is 7.11 Å². The van der Waals surface area contributed by atoms with Crippen LogP contribution in [0.2, 0.25) is 0 Å². The highest BCUT2D eigenvalue weighted by molar-refractivity contribution is 6.35. The lowest BCUT2D eigenvalue weighted by atomic mass is 9.40. The molecule has 36 heavy (non-hydrogen) atoms. The van der Waals surface area contributed by atoms with Gasteiger partial charge >= 0.3 is 5.97 Å². The summed E-state index contributed by atoms with van der Waals surface area (Å²) in [5, 5.41) is 10.3. The number of hydrogen-bond donors (Lipinski definition) is 1. The van der Waals surface area contributed by atoms with Crippen LogP contribution in [0.1, 0.15) is 71.2 Å². The summed E-state index contributed by atoms with van der Waals surface area (Å²) in [6.07, 6.45) is 3.65. The van der Waals surface area contributed by atoms with E-state index in [1.807, 2.05) is 33.8 Å². The van der Waals surface area contributed by atoms with Crippen LogP contribution < -0.4 is 0 Å². The van der Waals surface area contributed by atoms with E-state index in [-0.39, 0.29) is 36.4 Å². The molecule has 2 aliphatic carbocycles. The van der Waals surface area contributed by atoms with Crippen molar-refractivity contribution in [2.24, 2.45) is 22.2 Å². The van der Waals surface area contributed by atoms with E-state index in [0.29, 0.717) is 5.56 Å². The number of allylic oxidation sites excluding steroid dienone is 6. The van der Waals surface area contributed by atoms with Gasteiger partial charge in [0.15, 0.2) is 17.3 Å². The van der Waals surface area contributed by atoms with E-state index < -0.39 is 39.7 Å². The van der Waals surface area contributed by atoms with Crippen LogP contribution in [-0.4, -0.2) is 35.5 Å².